The van der Waals surface area contributed by atoms with Gasteiger partial charge in [-0.1, -0.05) is 23.7 Å². The fourth-order valence-corrected chi connectivity index (χ4v) is 2.46. The highest BCUT2D eigenvalue weighted by molar-refractivity contribution is 6.32. The number of benzene rings is 1. The molecule has 0 saturated carbocycles. The van der Waals surface area contributed by atoms with Crippen LogP contribution >= 0.6 is 11.6 Å². The number of nitrogens with one attached hydrogen (secondary N) is 2. The smallest absolute Gasteiger partial charge is 0.225 e. The lowest BCUT2D eigenvalue weighted by atomic mass is 10.2. The summed E-state index contributed by atoms with van der Waals surface area (Å²) in [6, 6.07) is 11.0. The molecule has 0 atom stereocenters. The Labute approximate surface area is 144 Å². The molecule has 0 spiro atoms. The molecule has 3 aromatic rings. The summed E-state index contributed by atoms with van der Waals surface area (Å²) in [4.78, 5) is 16.4. The number of fused-ring (bicyclic) bond motifs is 1. The van der Waals surface area contributed by atoms with Gasteiger partial charge >= 0.3 is 0 Å². The van der Waals surface area contributed by atoms with Crippen LogP contribution in [0.5, 0.6) is 5.75 Å². The van der Waals surface area contributed by atoms with Crippen LogP contribution in [0.25, 0.3) is 11.0 Å². The topological polar surface area (TPSA) is 79.9 Å². The van der Waals surface area contributed by atoms with Crippen molar-refractivity contribution < 1.29 is 9.53 Å². The number of H-pyrrole nitrogens is 1. The molecule has 6 nitrogen and oxygen atoms in total. The Morgan fingerprint density at radius 1 is 1.29 bits per heavy atom. The van der Waals surface area contributed by atoms with Gasteiger partial charge in [0.05, 0.1) is 17.0 Å². The number of nitrogens with zero attached hydrogens (tertiary/aromatic N) is 2. The Morgan fingerprint density at radius 3 is 2.96 bits per heavy atom. The first-order chi connectivity index (χ1) is 11.6. The lowest BCUT2D eigenvalue weighted by molar-refractivity contribution is -0.116. The third-order valence-corrected chi connectivity index (χ3v) is 3.78. The highest BCUT2D eigenvalue weighted by atomic mass is 35.5. The van der Waals surface area contributed by atoms with Crippen molar-refractivity contribution in [2.24, 2.45) is 0 Å². The zero-order valence-corrected chi connectivity index (χ0v) is 13.9. The third kappa shape index (κ3) is 3.83. The van der Waals surface area contributed by atoms with Gasteiger partial charge in [-0.25, -0.2) is 4.98 Å². The maximum absolute atomic E-state index is 12.0. The second kappa shape index (κ2) is 7.31. The fourth-order valence-electron chi connectivity index (χ4n) is 2.27. The predicted molar refractivity (Wildman–Crippen MR) is 93.4 cm³/mol. The number of para-hydroxylation sites is 1. The van der Waals surface area contributed by atoms with Crippen LogP contribution in [0.3, 0.4) is 0 Å². The second-order valence-corrected chi connectivity index (χ2v) is 5.76. The molecule has 1 amide bonds. The minimum Gasteiger partial charge on any atom is -0.492 e. The number of carbonyl (C=O) groups is 1. The number of carbonyl (C=O) groups excluding carboxylic acids is 1. The molecule has 124 valence electrons. The number of hydrogen-bond acceptors (Lipinski definition) is 4. The van der Waals surface area contributed by atoms with Gasteiger partial charge < -0.3 is 10.1 Å². The van der Waals surface area contributed by atoms with Gasteiger partial charge in [0.25, 0.3) is 0 Å². The number of halogens is 1. The van der Waals surface area contributed by atoms with Crippen LogP contribution in [0.4, 0.5) is 5.82 Å². The number of rotatable bonds is 6. The van der Waals surface area contributed by atoms with Crippen molar-refractivity contribution >= 4 is 34.4 Å². The zero-order valence-electron chi connectivity index (χ0n) is 13.2. The van der Waals surface area contributed by atoms with E-state index in [1.54, 1.807) is 12.1 Å². The van der Waals surface area contributed by atoms with Gasteiger partial charge in [-0.3, -0.25) is 9.89 Å². The first kappa shape index (κ1) is 16.3. The van der Waals surface area contributed by atoms with E-state index in [9.17, 15) is 4.79 Å². The number of ether oxygens (including phenoxy) is 1. The summed E-state index contributed by atoms with van der Waals surface area (Å²) in [5, 5.41) is 11.1. The van der Waals surface area contributed by atoms with Crippen LogP contribution in [-0.2, 0) is 4.79 Å². The van der Waals surface area contributed by atoms with Gasteiger partial charge in [0.15, 0.2) is 11.5 Å². The first-order valence-corrected chi connectivity index (χ1v) is 8.00. The molecule has 0 radical (unpaired) electrons. The van der Waals surface area contributed by atoms with Crippen molar-refractivity contribution in [1.82, 2.24) is 15.2 Å². The van der Waals surface area contributed by atoms with E-state index in [1.165, 1.54) is 0 Å². The molecule has 3 rings (SSSR count). The molecule has 2 heterocycles. The van der Waals surface area contributed by atoms with Gasteiger partial charge in [-0.2, -0.15) is 5.10 Å². The van der Waals surface area contributed by atoms with Gasteiger partial charge in [-0.15, -0.1) is 0 Å². The largest absolute Gasteiger partial charge is 0.492 e. The molecule has 2 aromatic heterocycles. The second-order valence-electron chi connectivity index (χ2n) is 5.35. The Kier molecular flexibility index (Phi) is 4.96. The molecule has 0 unspecified atom stereocenters. The summed E-state index contributed by atoms with van der Waals surface area (Å²) >= 11 is 6.01. The molecule has 0 aliphatic heterocycles. The van der Waals surface area contributed by atoms with Gasteiger partial charge in [0.1, 0.15) is 5.75 Å². The maximum Gasteiger partial charge on any atom is 0.225 e. The molecule has 24 heavy (non-hydrogen) atoms. The molecule has 2 N–H and O–H groups in total. The standard InChI is InChI=1S/C17H17ClN4O2/c1-11-8-9-12-16(19-11)21-22-17(12)20-15(23)7-4-10-24-14-6-3-2-5-13(14)18/h2-3,5-6,8-9H,4,7,10H2,1H3,(H2,19,20,21,22,23). The summed E-state index contributed by atoms with van der Waals surface area (Å²) < 4.78 is 5.56. The number of aromatic nitrogens is 3. The average molecular weight is 345 g/mol. The zero-order chi connectivity index (χ0) is 16.9. The van der Waals surface area contributed by atoms with E-state index in [0.717, 1.165) is 11.1 Å². The molecule has 0 saturated heterocycles. The van der Waals surface area contributed by atoms with Crippen molar-refractivity contribution in [3.05, 3.63) is 47.1 Å². The lowest BCUT2D eigenvalue weighted by Crippen LogP contribution is -2.13. The molecule has 0 aliphatic carbocycles. The van der Waals surface area contributed by atoms with Crippen molar-refractivity contribution in [2.75, 3.05) is 11.9 Å². The Morgan fingerprint density at radius 2 is 2.12 bits per heavy atom. The van der Waals surface area contributed by atoms with E-state index in [0.29, 0.717) is 41.7 Å². The van der Waals surface area contributed by atoms with Crippen LogP contribution < -0.4 is 10.1 Å². The summed E-state index contributed by atoms with van der Waals surface area (Å²) in [7, 11) is 0. The van der Waals surface area contributed by atoms with Crippen molar-refractivity contribution in [2.45, 2.75) is 19.8 Å². The highest BCUT2D eigenvalue weighted by Gasteiger charge is 2.10. The lowest BCUT2D eigenvalue weighted by Gasteiger charge is -2.07. The van der Waals surface area contributed by atoms with Crippen molar-refractivity contribution in [3.63, 3.8) is 0 Å². The maximum atomic E-state index is 12.0. The minimum atomic E-state index is -0.119. The minimum absolute atomic E-state index is 0.119. The normalized spacial score (nSPS) is 10.8. The summed E-state index contributed by atoms with van der Waals surface area (Å²) in [5.74, 6) is 1.00. The number of amides is 1. The molecule has 0 bridgehead atoms. The summed E-state index contributed by atoms with van der Waals surface area (Å²) in [6.45, 7) is 2.32. The van der Waals surface area contributed by atoms with Crippen LogP contribution in [0.2, 0.25) is 5.02 Å². The van der Waals surface area contributed by atoms with E-state index in [-0.39, 0.29) is 5.91 Å². The molecule has 1 aromatic carbocycles. The monoisotopic (exact) mass is 344 g/mol. The number of hydrogen-bond donors (Lipinski definition) is 2. The number of aryl methyl sites for hydroxylation is 1. The van der Waals surface area contributed by atoms with Crippen LogP contribution in [-0.4, -0.2) is 27.7 Å². The third-order valence-electron chi connectivity index (χ3n) is 3.46. The van der Waals surface area contributed by atoms with Crippen LogP contribution in [0.1, 0.15) is 18.5 Å². The summed E-state index contributed by atoms with van der Waals surface area (Å²) in [5.41, 5.74) is 1.55. The molecule has 0 aliphatic rings. The van der Waals surface area contributed by atoms with E-state index < -0.39 is 0 Å². The Bertz CT molecular complexity index is 863. The average Bonchev–Trinajstić information content (AvgIpc) is 2.95. The van der Waals surface area contributed by atoms with Gasteiger partial charge in [0, 0.05) is 12.1 Å². The Hall–Kier alpha value is -2.60. The van der Waals surface area contributed by atoms with E-state index in [4.69, 9.17) is 16.3 Å². The Balaban J connectivity index is 1.49. The van der Waals surface area contributed by atoms with E-state index in [2.05, 4.69) is 20.5 Å². The molecular weight excluding hydrogens is 328 g/mol. The molecule has 7 heteroatoms. The fraction of sp³-hybridized carbons (Fsp3) is 0.235. The molecular formula is C17H17ClN4O2. The quantitative estimate of drug-likeness (QED) is 0.668. The first-order valence-electron chi connectivity index (χ1n) is 7.62. The van der Waals surface area contributed by atoms with Gasteiger partial charge in [-0.05, 0) is 37.6 Å². The van der Waals surface area contributed by atoms with Crippen molar-refractivity contribution in [3.8, 4) is 5.75 Å². The number of anilines is 1. The molecule has 0 fully saturated rings. The van der Waals surface area contributed by atoms with Gasteiger partial charge in [0.2, 0.25) is 5.91 Å². The number of aromatic amines is 1. The summed E-state index contributed by atoms with van der Waals surface area (Å²) in [6.07, 6.45) is 0.912. The SMILES string of the molecule is Cc1ccc2c(NC(=O)CCCOc3ccccc3Cl)n[nH]c2n1. The predicted octanol–water partition coefficient (Wildman–Crippen LogP) is 3.72. The van der Waals surface area contributed by atoms with Crippen molar-refractivity contribution in [1.29, 1.82) is 0 Å². The van der Waals surface area contributed by atoms with Crippen LogP contribution in [0, 0.1) is 6.92 Å². The highest BCUT2D eigenvalue weighted by Crippen LogP contribution is 2.23. The van der Waals surface area contributed by atoms with E-state index >= 15 is 0 Å². The van der Waals surface area contributed by atoms with Crippen LogP contribution in [0.15, 0.2) is 36.4 Å². The van der Waals surface area contributed by atoms with E-state index in [1.807, 2.05) is 31.2 Å². The number of pyridine rings is 1.